The zero-order valence-electron chi connectivity index (χ0n) is 10.2. The van der Waals surface area contributed by atoms with Crippen molar-refractivity contribution in [1.29, 1.82) is 0 Å². The van der Waals surface area contributed by atoms with Gasteiger partial charge < -0.3 is 4.90 Å². The van der Waals surface area contributed by atoms with Crippen molar-refractivity contribution in [3.05, 3.63) is 21.1 Å². The van der Waals surface area contributed by atoms with Crippen molar-refractivity contribution in [3.63, 3.8) is 0 Å². The van der Waals surface area contributed by atoms with Crippen LogP contribution in [0.25, 0.3) is 0 Å². The molecule has 0 aliphatic carbocycles. The average Bonchev–Trinajstić information content (AvgIpc) is 2.97. The maximum Gasteiger partial charge on any atom is 0.304 e. The number of thioether (sulfide) groups is 1. The molecule has 0 bridgehead atoms. The van der Waals surface area contributed by atoms with Gasteiger partial charge in [0.2, 0.25) is 0 Å². The van der Waals surface area contributed by atoms with Gasteiger partial charge in [0.15, 0.2) is 10.8 Å². The summed E-state index contributed by atoms with van der Waals surface area (Å²) in [4.78, 5) is 24.4. The Labute approximate surface area is 113 Å². The molecule has 1 fully saturated rings. The molecule has 1 atom stereocenters. The van der Waals surface area contributed by atoms with E-state index in [0.717, 1.165) is 17.9 Å². The third-order valence-electron chi connectivity index (χ3n) is 3.01. The second-order valence-corrected chi connectivity index (χ2v) is 6.42. The molecule has 0 saturated carbocycles. The molecule has 7 heteroatoms. The number of nitro groups is 1. The number of carbonyl (C=O) groups excluding carboxylic acids is 1. The predicted molar refractivity (Wildman–Crippen MR) is 75.1 cm³/mol. The summed E-state index contributed by atoms with van der Waals surface area (Å²) in [5.41, 5.74) is 0.0459. The Kier molecular flexibility index (Phi) is 3.91. The van der Waals surface area contributed by atoms with Crippen LogP contribution in [-0.4, -0.2) is 35.3 Å². The van der Waals surface area contributed by atoms with Crippen molar-refractivity contribution >= 4 is 39.6 Å². The van der Waals surface area contributed by atoms with Crippen LogP contribution >= 0.6 is 23.1 Å². The van der Waals surface area contributed by atoms with Crippen LogP contribution in [0.3, 0.4) is 0 Å². The zero-order chi connectivity index (χ0) is 13.3. The first-order valence-electron chi connectivity index (χ1n) is 5.60. The highest BCUT2D eigenvalue weighted by Gasteiger charge is 2.29. The van der Waals surface area contributed by atoms with Gasteiger partial charge in [0, 0.05) is 24.9 Å². The Bertz CT molecular complexity index is 481. The van der Waals surface area contributed by atoms with Crippen LogP contribution in [0.4, 0.5) is 10.7 Å². The maximum atomic E-state index is 11.3. The quantitative estimate of drug-likeness (QED) is 0.484. The van der Waals surface area contributed by atoms with E-state index in [1.54, 1.807) is 0 Å². The summed E-state index contributed by atoms with van der Waals surface area (Å²) >= 11 is 3.08. The minimum Gasteiger partial charge on any atom is -0.357 e. The molecule has 0 aromatic carbocycles. The molecule has 5 nitrogen and oxygen atoms in total. The fourth-order valence-electron chi connectivity index (χ4n) is 1.92. The minimum absolute atomic E-state index is 0.0459. The van der Waals surface area contributed by atoms with Crippen LogP contribution in [0.15, 0.2) is 6.07 Å². The SMILES string of the molecule is CC(=O)c1cc([N+](=O)[O-])c(N(C)C2CCSC2)s1. The second-order valence-electron chi connectivity index (χ2n) is 4.24. The van der Waals surface area contributed by atoms with Crippen LogP contribution in [0.1, 0.15) is 23.0 Å². The lowest BCUT2D eigenvalue weighted by Crippen LogP contribution is -2.30. The molecule has 98 valence electrons. The number of rotatable bonds is 4. The van der Waals surface area contributed by atoms with Crippen molar-refractivity contribution < 1.29 is 9.72 Å². The minimum atomic E-state index is -0.406. The molecule has 1 aromatic heterocycles. The molecular weight excluding hydrogens is 272 g/mol. The number of Topliss-reactive ketones (excluding diaryl/α,β-unsaturated/α-hetero) is 1. The lowest BCUT2D eigenvalue weighted by Gasteiger charge is -2.23. The highest BCUT2D eigenvalue weighted by Crippen LogP contribution is 2.39. The number of ketones is 1. The van der Waals surface area contributed by atoms with Gasteiger partial charge in [0.05, 0.1) is 9.80 Å². The highest BCUT2D eigenvalue weighted by atomic mass is 32.2. The molecule has 0 amide bonds. The van der Waals surface area contributed by atoms with E-state index in [9.17, 15) is 14.9 Å². The summed E-state index contributed by atoms with van der Waals surface area (Å²) in [6, 6.07) is 1.72. The van der Waals surface area contributed by atoms with Gasteiger partial charge in [-0.25, -0.2) is 0 Å². The third-order valence-corrected chi connectivity index (χ3v) is 5.47. The first-order valence-corrected chi connectivity index (χ1v) is 7.57. The standard InChI is InChI=1S/C11H14N2O3S2/c1-7(14)10-5-9(13(15)16)11(18-10)12(2)8-3-4-17-6-8/h5,8H,3-4,6H2,1-2H3. The number of thiophene rings is 1. The number of hydrogen-bond donors (Lipinski definition) is 0. The smallest absolute Gasteiger partial charge is 0.304 e. The van der Waals surface area contributed by atoms with Gasteiger partial charge in [-0.1, -0.05) is 0 Å². The van der Waals surface area contributed by atoms with Gasteiger partial charge in [-0.15, -0.1) is 11.3 Å². The monoisotopic (exact) mass is 286 g/mol. The molecule has 0 N–H and O–H groups in total. The Morgan fingerprint density at radius 3 is 2.83 bits per heavy atom. The van der Waals surface area contributed by atoms with E-state index < -0.39 is 4.92 Å². The molecule has 2 heterocycles. The molecule has 0 spiro atoms. The Balaban J connectivity index is 2.35. The Morgan fingerprint density at radius 1 is 1.61 bits per heavy atom. The summed E-state index contributed by atoms with van der Waals surface area (Å²) in [5, 5.41) is 11.6. The molecule has 1 aromatic rings. The molecule has 1 saturated heterocycles. The Morgan fingerprint density at radius 2 is 2.33 bits per heavy atom. The molecule has 1 aliphatic rings. The molecule has 1 aliphatic heterocycles. The van der Waals surface area contributed by atoms with Gasteiger partial charge in [0.1, 0.15) is 0 Å². The number of hydrogen-bond acceptors (Lipinski definition) is 6. The second kappa shape index (κ2) is 5.27. The van der Waals surface area contributed by atoms with Gasteiger partial charge in [0.25, 0.3) is 0 Å². The third kappa shape index (κ3) is 2.51. The maximum absolute atomic E-state index is 11.3. The average molecular weight is 286 g/mol. The summed E-state index contributed by atoms with van der Waals surface area (Å²) < 4.78 is 0. The van der Waals surface area contributed by atoms with Crippen LogP contribution < -0.4 is 4.90 Å². The summed E-state index contributed by atoms with van der Waals surface area (Å²) in [6.45, 7) is 1.44. The van der Waals surface area contributed by atoms with E-state index in [2.05, 4.69) is 0 Å². The summed E-state index contributed by atoms with van der Waals surface area (Å²) in [5.74, 6) is 1.96. The van der Waals surface area contributed by atoms with Crippen molar-refractivity contribution in [1.82, 2.24) is 0 Å². The zero-order valence-corrected chi connectivity index (χ0v) is 11.8. The van der Waals surface area contributed by atoms with Crippen LogP contribution in [0.2, 0.25) is 0 Å². The largest absolute Gasteiger partial charge is 0.357 e. The van der Waals surface area contributed by atoms with Crippen molar-refractivity contribution in [2.45, 2.75) is 19.4 Å². The van der Waals surface area contributed by atoms with Crippen molar-refractivity contribution in [2.75, 3.05) is 23.5 Å². The van der Waals surface area contributed by atoms with Crippen LogP contribution in [-0.2, 0) is 0 Å². The van der Waals surface area contributed by atoms with E-state index in [1.807, 2.05) is 23.7 Å². The van der Waals surface area contributed by atoms with E-state index in [4.69, 9.17) is 0 Å². The summed E-state index contributed by atoms with van der Waals surface area (Å²) in [7, 11) is 1.87. The number of nitrogens with zero attached hydrogens (tertiary/aromatic N) is 2. The molecular formula is C11H14N2O3S2. The van der Waals surface area contributed by atoms with Crippen LogP contribution in [0, 0.1) is 10.1 Å². The van der Waals surface area contributed by atoms with Gasteiger partial charge in [-0.2, -0.15) is 11.8 Å². The van der Waals surface area contributed by atoms with Crippen LogP contribution in [0.5, 0.6) is 0 Å². The van der Waals surface area contributed by atoms with Gasteiger partial charge in [-0.05, 0) is 19.1 Å². The van der Waals surface area contributed by atoms with E-state index in [-0.39, 0.29) is 11.5 Å². The van der Waals surface area contributed by atoms with E-state index in [0.29, 0.717) is 15.9 Å². The molecule has 2 rings (SSSR count). The topological polar surface area (TPSA) is 63.4 Å². The fraction of sp³-hybridized carbons (Fsp3) is 0.545. The highest BCUT2D eigenvalue weighted by molar-refractivity contribution is 7.99. The predicted octanol–water partition coefficient (Wildman–Crippen LogP) is 2.80. The number of anilines is 1. The number of carbonyl (C=O) groups is 1. The lowest BCUT2D eigenvalue weighted by atomic mass is 10.2. The lowest BCUT2D eigenvalue weighted by molar-refractivity contribution is -0.383. The van der Waals surface area contributed by atoms with Crippen molar-refractivity contribution in [3.8, 4) is 0 Å². The first kappa shape index (κ1) is 13.4. The first-order chi connectivity index (χ1) is 8.50. The van der Waals surface area contributed by atoms with Crippen molar-refractivity contribution in [2.24, 2.45) is 0 Å². The molecule has 1 unspecified atom stereocenters. The normalized spacial score (nSPS) is 18.9. The van der Waals surface area contributed by atoms with E-state index >= 15 is 0 Å². The molecule has 0 radical (unpaired) electrons. The van der Waals surface area contributed by atoms with E-state index in [1.165, 1.54) is 24.3 Å². The fourth-order valence-corrected chi connectivity index (χ4v) is 4.24. The molecule has 18 heavy (non-hydrogen) atoms. The summed E-state index contributed by atoms with van der Waals surface area (Å²) in [6.07, 6.45) is 1.03. The van der Waals surface area contributed by atoms with Gasteiger partial charge in [-0.3, -0.25) is 14.9 Å². The van der Waals surface area contributed by atoms with Gasteiger partial charge >= 0.3 is 5.69 Å². The Hall–Kier alpha value is -1.08.